The number of amides is 1. The minimum Gasteiger partial charge on any atom is -0.322 e. The monoisotopic (exact) mass is 455 g/mol. The van der Waals surface area contributed by atoms with Gasteiger partial charge in [0, 0.05) is 4.88 Å². The highest BCUT2D eigenvalue weighted by Gasteiger charge is 2.20. The molecule has 8 nitrogen and oxygen atoms in total. The number of anilines is 1. The van der Waals surface area contributed by atoms with Crippen LogP contribution in [0.4, 0.5) is 10.1 Å². The van der Waals surface area contributed by atoms with E-state index in [4.69, 9.17) is 0 Å². The molecule has 1 aromatic carbocycles. The van der Waals surface area contributed by atoms with Crippen molar-refractivity contribution in [3.8, 4) is 0 Å². The van der Waals surface area contributed by atoms with Crippen molar-refractivity contribution < 1.29 is 9.18 Å². The molecule has 0 saturated heterocycles. The summed E-state index contributed by atoms with van der Waals surface area (Å²) in [6.45, 7) is -0.167. The third-order valence-corrected chi connectivity index (χ3v) is 6.48. The smallest absolute Gasteiger partial charge is 0.322 e. The Morgan fingerprint density at radius 2 is 1.90 bits per heavy atom. The minimum atomic E-state index is -0.607. The van der Waals surface area contributed by atoms with Gasteiger partial charge in [-0.05, 0) is 35.0 Å². The van der Waals surface area contributed by atoms with Crippen LogP contribution in [-0.2, 0) is 17.9 Å². The van der Waals surface area contributed by atoms with E-state index in [1.54, 1.807) is 17.5 Å². The molecule has 31 heavy (non-hydrogen) atoms. The first-order valence-electron chi connectivity index (χ1n) is 9.19. The van der Waals surface area contributed by atoms with Gasteiger partial charge < -0.3 is 5.32 Å². The van der Waals surface area contributed by atoms with Crippen molar-refractivity contribution in [2.24, 2.45) is 0 Å². The Kier molecular flexibility index (Phi) is 4.75. The zero-order valence-corrected chi connectivity index (χ0v) is 17.5. The van der Waals surface area contributed by atoms with E-state index in [9.17, 15) is 18.8 Å². The number of hydrogen-bond donors (Lipinski definition) is 1. The Morgan fingerprint density at radius 3 is 2.68 bits per heavy atom. The van der Waals surface area contributed by atoms with E-state index in [-0.39, 0.29) is 23.6 Å². The molecule has 4 aromatic heterocycles. The second-order valence-electron chi connectivity index (χ2n) is 6.71. The molecule has 0 atom stereocenters. The number of benzene rings is 1. The molecule has 0 aliphatic rings. The predicted molar refractivity (Wildman–Crippen MR) is 118 cm³/mol. The second kappa shape index (κ2) is 7.60. The van der Waals surface area contributed by atoms with Crippen LogP contribution in [0, 0.1) is 5.82 Å². The van der Waals surface area contributed by atoms with Crippen LogP contribution >= 0.6 is 22.7 Å². The van der Waals surface area contributed by atoms with E-state index in [1.807, 2.05) is 17.5 Å². The molecule has 1 N–H and O–H groups in total. The van der Waals surface area contributed by atoms with Gasteiger partial charge in [0.2, 0.25) is 11.7 Å². The third kappa shape index (κ3) is 3.37. The lowest BCUT2D eigenvalue weighted by molar-refractivity contribution is -0.117. The molecule has 0 unspecified atom stereocenters. The highest BCUT2D eigenvalue weighted by atomic mass is 32.1. The number of nitrogens with zero attached hydrogens (tertiary/aromatic N) is 4. The van der Waals surface area contributed by atoms with E-state index < -0.39 is 24.0 Å². The Bertz CT molecular complexity index is 1540. The summed E-state index contributed by atoms with van der Waals surface area (Å²) in [4.78, 5) is 39.5. The fourth-order valence-corrected chi connectivity index (χ4v) is 4.84. The largest absolute Gasteiger partial charge is 0.352 e. The molecular formula is C20H14FN5O3S2. The van der Waals surface area contributed by atoms with Crippen molar-refractivity contribution >= 4 is 50.3 Å². The molecule has 5 rings (SSSR count). The summed E-state index contributed by atoms with van der Waals surface area (Å²) >= 11 is 2.73. The average Bonchev–Trinajstić information content (AvgIpc) is 3.48. The van der Waals surface area contributed by atoms with Crippen LogP contribution in [-0.4, -0.2) is 24.7 Å². The first kappa shape index (κ1) is 19.4. The Hall–Kier alpha value is -3.57. The van der Waals surface area contributed by atoms with E-state index in [1.165, 1.54) is 49.8 Å². The summed E-state index contributed by atoms with van der Waals surface area (Å²) in [5.74, 6) is -1.04. The van der Waals surface area contributed by atoms with Crippen molar-refractivity contribution in [2.45, 2.75) is 13.1 Å². The Labute approximate surface area is 181 Å². The van der Waals surface area contributed by atoms with Gasteiger partial charge in [-0.15, -0.1) is 27.8 Å². The van der Waals surface area contributed by atoms with Crippen molar-refractivity contribution in [3.63, 3.8) is 0 Å². The number of rotatable bonds is 5. The molecule has 0 bridgehead atoms. The van der Waals surface area contributed by atoms with Gasteiger partial charge in [-0.25, -0.2) is 18.3 Å². The summed E-state index contributed by atoms with van der Waals surface area (Å²) in [5.41, 5.74) is -0.349. The van der Waals surface area contributed by atoms with Crippen LogP contribution in [0.25, 0.3) is 16.0 Å². The fraction of sp³-hybridized carbons (Fsp3) is 0.100. The maximum absolute atomic E-state index is 13.8. The Morgan fingerprint density at radius 1 is 1.06 bits per heavy atom. The van der Waals surface area contributed by atoms with Gasteiger partial charge in [0.05, 0.1) is 17.7 Å². The highest BCUT2D eigenvalue weighted by molar-refractivity contribution is 7.17. The molecule has 0 aliphatic carbocycles. The van der Waals surface area contributed by atoms with Crippen LogP contribution in [0.2, 0.25) is 0 Å². The standard InChI is InChI=1S/C20H14FN5O3S2/c21-13-5-1-2-6-14(13)22-16(27)11-25-20(29)26-15-7-9-31-17(15)18(28)24(19(26)23-25)10-12-4-3-8-30-12/h1-9H,10-11H2,(H,22,27). The predicted octanol–water partition coefficient (Wildman–Crippen LogP) is 2.76. The van der Waals surface area contributed by atoms with Gasteiger partial charge in [0.1, 0.15) is 17.1 Å². The van der Waals surface area contributed by atoms with E-state index in [2.05, 4.69) is 10.4 Å². The average molecular weight is 455 g/mol. The first-order valence-corrected chi connectivity index (χ1v) is 10.9. The van der Waals surface area contributed by atoms with Gasteiger partial charge >= 0.3 is 5.69 Å². The molecule has 4 heterocycles. The van der Waals surface area contributed by atoms with Crippen LogP contribution in [0.3, 0.4) is 0 Å². The number of para-hydroxylation sites is 1. The minimum absolute atomic E-state index is 0.0131. The fourth-order valence-electron chi connectivity index (χ4n) is 3.33. The van der Waals surface area contributed by atoms with Crippen molar-refractivity contribution in [1.82, 2.24) is 18.7 Å². The summed E-state index contributed by atoms with van der Waals surface area (Å²) in [7, 11) is 0. The summed E-state index contributed by atoms with van der Waals surface area (Å²) in [5, 5.41) is 10.3. The maximum Gasteiger partial charge on any atom is 0.352 e. The molecule has 156 valence electrons. The number of halogens is 1. The zero-order valence-electron chi connectivity index (χ0n) is 15.8. The number of thiophene rings is 2. The lowest BCUT2D eigenvalue weighted by atomic mass is 10.3. The van der Waals surface area contributed by atoms with Crippen LogP contribution < -0.4 is 16.6 Å². The van der Waals surface area contributed by atoms with Crippen molar-refractivity contribution in [2.75, 3.05) is 5.32 Å². The SMILES string of the molecule is O=C(Cn1nc2n(Cc3cccs3)c(=O)c3sccc3n2c1=O)Nc1ccccc1F. The number of nitrogens with one attached hydrogen (secondary N) is 1. The molecule has 5 aromatic rings. The first-order chi connectivity index (χ1) is 15.0. The van der Waals surface area contributed by atoms with Crippen molar-refractivity contribution in [1.29, 1.82) is 0 Å². The second-order valence-corrected chi connectivity index (χ2v) is 8.66. The van der Waals surface area contributed by atoms with E-state index in [0.29, 0.717) is 10.2 Å². The zero-order chi connectivity index (χ0) is 21.5. The van der Waals surface area contributed by atoms with Crippen molar-refractivity contribution in [3.05, 3.63) is 84.8 Å². The van der Waals surface area contributed by atoms with Crippen LogP contribution in [0.1, 0.15) is 4.88 Å². The highest BCUT2D eigenvalue weighted by Crippen LogP contribution is 2.19. The molecule has 0 aliphatic heterocycles. The summed E-state index contributed by atoms with van der Waals surface area (Å²) in [6.07, 6.45) is 0. The van der Waals surface area contributed by atoms with E-state index >= 15 is 0 Å². The quantitative estimate of drug-likeness (QED) is 0.441. The van der Waals surface area contributed by atoms with Gasteiger partial charge in [0.25, 0.3) is 5.56 Å². The molecule has 0 spiro atoms. The van der Waals surface area contributed by atoms with Crippen LogP contribution in [0.5, 0.6) is 0 Å². The normalized spacial score (nSPS) is 11.4. The number of fused-ring (bicyclic) bond motifs is 3. The molecular weight excluding hydrogens is 441 g/mol. The summed E-state index contributed by atoms with van der Waals surface area (Å²) in [6, 6.07) is 11.2. The lowest BCUT2D eigenvalue weighted by Crippen LogP contribution is -2.29. The topological polar surface area (TPSA) is 90.4 Å². The Balaban J connectivity index is 1.60. The third-order valence-electron chi connectivity index (χ3n) is 4.72. The van der Waals surface area contributed by atoms with Gasteiger partial charge in [-0.3, -0.25) is 14.2 Å². The van der Waals surface area contributed by atoms with Crippen LogP contribution in [0.15, 0.2) is 62.8 Å². The number of aromatic nitrogens is 4. The molecule has 0 fully saturated rings. The molecule has 0 radical (unpaired) electrons. The van der Waals surface area contributed by atoms with Gasteiger partial charge in [0.15, 0.2) is 0 Å². The molecule has 11 heteroatoms. The lowest BCUT2D eigenvalue weighted by Gasteiger charge is -2.06. The maximum atomic E-state index is 13.8. The number of hydrogen-bond acceptors (Lipinski definition) is 6. The number of carbonyl (C=O) groups is 1. The summed E-state index contributed by atoms with van der Waals surface area (Å²) < 4.78 is 18.0. The number of carbonyl (C=O) groups excluding carboxylic acids is 1. The molecule has 1 amide bonds. The van der Waals surface area contributed by atoms with Gasteiger partial charge in [-0.2, -0.15) is 0 Å². The molecule has 0 saturated carbocycles. The van der Waals surface area contributed by atoms with Gasteiger partial charge in [-0.1, -0.05) is 18.2 Å². The van der Waals surface area contributed by atoms with E-state index in [0.717, 1.165) is 9.56 Å².